The first kappa shape index (κ1) is 14.5. The van der Waals surface area contributed by atoms with E-state index in [0.29, 0.717) is 0 Å². The van der Waals surface area contributed by atoms with Gasteiger partial charge in [-0.05, 0) is 52.4 Å². The second-order valence-corrected chi connectivity index (χ2v) is 5.35. The molecule has 0 amide bonds. The van der Waals surface area contributed by atoms with Crippen LogP contribution in [0.3, 0.4) is 0 Å². The van der Waals surface area contributed by atoms with Gasteiger partial charge in [0.05, 0.1) is 6.42 Å². The Bertz CT molecular complexity index is 238. The van der Waals surface area contributed by atoms with Crippen molar-refractivity contribution in [2.24, 2.45) is 5.92 Å². The van der Waals surface area contributed by atoms with Crippen molar-refractivity contribution in [2.45, 2.75) is 38.6 Å². The molecule has 1 aliphatic rings. The van der Waals surface area contributed by atoms with Crippen molar-refractivity contribution in [3.05, 3.63) is 0 Å². The van der Waals surface area contributed by atoms with E-state index in [-0.39, 0.29) is 12.5 Å². The zero-order valence-electron chi connectivity index (χ0n) is 11.4. The van der Waals surface area contributed by atoms with Gasteiger partial charge in [-0.25, -0.2) is 0 Å². The maximum Gasteiger partial charge on any atom is 0.304 e. The zero-order chi connectivity index (χ0) is 12.8. The smallest absolute Gasteiger partial charge is 0.304 e. The summed E-state index contributed by atoms with van der Waals surface area (Å²) in [7, 11) is 4.23. The molecule has 1 unspecified atom stereocenters. The molecule has 0 aromatic heterocycles. The van der Waals surface area contributed by atoms with E-state index in [1.807, 2.05) is 0 Å². The number of carboxylic acid groups (broad SMARTS) is 1. The van der Waals surface area contributed by atoms with Crippen LogP contribution in [0.5, 0.6) is 0 Å². The lowest BCUT2D eigenvalue weighted by Gasteiger charge is -2.34. The van der Waals surface area contributed by atoms with Crippen molar-refractivity contribution in [1.29, 1.82) is 0 Å². The van der Waals surface area contributed by atoms with Gasteiger partial charge < -0.3 is 14.9 Å². The fourth-order valence-corrected chi connectivity index (χ4v) is 2.61. The van der Waals surface area contributed by atoms with Gasteiger partial charge in [0.1, 0.15) is 0 Å². The maximum atomic E-state index is 10.8. The molecule has 1 atom stereocenters. The van der Waals surface area contributed by atoms with E-state index >= 15 is 0 Å². The van der Waals surface area contributed by atoms with E-state index in [1.165, 1.54) is 25.9 Å². The Morgan fingerprint density at radius 3 is 2.53 bits per heavy atom. The Balaban J connectivity index is 2.35. The number of piperidine rings is 1. The summed E-state index contributed by atoms with van der Waals surface area (Å²) in [5, 5.41) is 8.87. The zero-order valence-corrected chi connectivity index (χ0v) is 11.4. The van der Waals surface area contributed by atoms with Crippen LogP contribution >= 0.6 is 0 Å². The third kappa shape index (κ3) is 5.04. The molecule has 1 fully saturated rings. The summed E-state index contributed by atoms with van der Waals surface area (Å²) in [5.74, 6) is 0.0473. The topological polar surface area (TPSA) is 43.8 Å². The summed E-state index contributed by atoms with van der Waals surface area (Å²) >= 11 is 0. The van der Waals surface area contributed by atoms with E-state index in [9.17, 15) is 4.79 Å². The molecule has 0 aliphatic carbocycles. The first-order valence-electron chi connectivity index (χ1n) is 6.63. The van der Waals surface area contributed by atoms with Crippen LogP contribution in [0.25, 0.3) is 0 Å². The molecule has 17 heavy (non-hydrogen) atoms. The first-order valence-corrected chi connectivity index (χ1v) is 6.63. The Hall–Kier alpha value is -0.610. The minimum atomic E-state index is -0.688. The fraction of sp³-hybridized carbons (Fsp3) is 0.923. The van der Waals surface area contributed by atoms with Gasteiger partial charge in [0, 0.05) is 12.6 Å². The van der Waals surface area contributed by atoms with Crippen LogP contribution in [0.15, 0.2) is 0 Å². The number of rotatable bonds is 6. The average Bonchev–Trinajstić information content (AvgIpc) is 2.28. The van der Waals surface area contributed by atoms with Gasteiger partial charge in [-0.1, -0.05) is 6.92 Å². The van der Waals surface area contributed by atoms with E-state index in [0.717, 1.165) is 18.9 Å². The SMILES string of the molecule is CCC(CC(=O)O)N(C)CC1CCN(C)CC1. The quantitative estimate of drug-likeness (QED) is 0.767. The molecular formula is C13H26N2O2. The number of carboxylic acids is 1. The number of carbonyl (C=O) groups is 1. The van der Waals surface area contributed by atoms with Crippen LogP contribution in [0.2, 0.25) is 0 Å². The average molecular weight is 242 g/mol. The van der Waals surface area contributed by atoms with E-state index < -0.39 is 5.97 Å². The Morgan fingerprint density at radius 1 is 1.47 bits per heavy atom. The molecule has 1 heterocycles. The Morgan fingerprint density at radius 2 is 2.06 bits per heavy atom. The summed E-state index contributed by atoms with van der Waals surface area (Å²) in [4.78, 5) is 15.4. The van der Waals surface area contributed by atoms with Crippen LogP contribution in [-0.2, 0) is 4.79 Å². The maximum absolute atomic E-state index is 10.8. The molecule has 0 spiro atoms. The lowest BCUT2D eigenvalue weighted by Crippen LogP contribution is -2.40. The summed E-state index contributed by atoms with van der Waals surface area (Å²) in [6, 6.07) is 0.187. The Labute approximate surface area is 105 Å². The van der Waals surface area contributed by atoms with Crippen molar-refractivity contribution in [2.75, 3.05) is 33.7 Å². The fourth-order valence-electron chi connectivity index (χ4n) is 2.61. The summed E-state index contributed by atoms with van der Waals surface area (Å²) in [6.07, 6.45) is 3.66. The van der Waals surface area contributed by atoms with Gasteiger partial charge in [-0.2, -0.15) is 0 Å². The standard InChI is InChI=1S/C13H26N2O2/c1-4-12(9-13(16)17)15(3)10-11-5-7-14(2)8-6-11/h11-12H,4-10H2,1-3H3,(H,16,17). The van der Waals surface area contributed by atoms with Crippen molar-refractivity contribution in [3.63, 3.8) is 0 Å². The Kier molecular flexibility index (Phi) is 5.92. The lowest BCUT2D eigenvalue weighted by atomic mass is 9.95. The highest BCUT2D eigenvalue weighted by atomic mass is 16.4. The molecule has 1 rings (SSSR count). The molecule has 100 valence electrons. The molecule has 1 aliphatic heterocycles. The molecule has 4 heteroatoms. The summed E-state index contributed by atoms with van der Waals surface area (Å²) in [5.41, 5.74) is 0. The van der Waals surface area contributed by atoms with Crippen molar-refractivity contribution in [3.8, 4) is 0 Å². The molecule has 0 aromatic rings. The molecule has 4 nitrogen and oxygen atoms in total. The summed E-state index contributed by atoms with van der Waals surface area (Å²) < 4.78 is 0. The third-order valence-electron chi connectivity index (χ3n) is 3.89. The molecule has 0 radical (unpaired) electrons. The van der Waals surface area contributed by atoms with Crippen molar-refractivity contribution >= 4 is 5.97 Å². The van der Waals surface area contributed by atoms with E-state index in [2.05, 4.69) is 30.8 Å². The third-order valence-corrected chi connectivity index (χ3v) is 3.89. The van der Waals surface area contributed by atoms with Crippen LogP contribution in [0, 0.1) is 5.92 Å². The van der Waals surface area contributed by atoms with Gasteiger partial charge in [0.2, 0.25) is 0 Å². The van der Waals surface area contributed by atoms with Crippen LogP contribution in [-0.4, -0.2) is 60.6 Å². The number of hydrogen-bond donors (Lipinski definition) is 1. The summed E-state index contributed by atoms with van der Waals surface area (Å²) in [6.45, 7) is 5.46. The molecule has 0 aromatic carbocycles. The molecule has 0 bridgehead atoms. The predicted octanol–water partition coefficient (Wildman–Crippen LogP) is 1.51. The van der Waals surface area contributed by atoms with Gasteiger partial charge in [-0.15, -0.1) is 0 Å². The van der Waals surface area contributed by atoms with Crippen LogP contribution < -0.4 is 0 Å². The van der Waals surface area contributed by atoms with E-state index in [1.54, 1.807) is 0 Å². The normalized spacial score (nSPS) is 20.7. The van der Waals surface area contributed by atoms with Crippen molar-refractivity contribution in [1.82, 2.24) is 9.80 Å². The minimum absolute atomic E-state index is 0.187. The van der Waals surface area contributed by atoms with Crippen molar-refractivity contribution < 1.29 is 9.90 Å². The largest absolute Gasteiger partial charge is 0.481 e. The minimum Gasteiger partial charge on any atom is -0.481 e. The second kappa shape index (κ2) is 6.97. The van der Waals surface area contributed by atoms with Gasteiger partial charge in [0.25, 0.3) is 0 Å². The highest BCUT2D eigenvalue weighted by Gasteiger charge is 2.22. The lowest BCUT2D eigenvalue weighted by molar-refractivity contribution is -0.138. The van der Waals surface area contributed by atoms with Gasteiger partial charge in [0.15, 0.2) is 0 Å². The number of nitrogens with zero attached hydrogens (tertiary/aromatic N) is 2. The molecule has 1 saturated heterocycles. The molecular weight excluding hydrogens is 216 g/mol. The highest BCUT2D eigenvalue weighted by molar-refractivity contribution is 5.67. The van der Waals surface area contributed by atoms with E-state index in [4.69, 9.17) is 5.11 Å². The number of hydrogen-bond acceptors (Lipinski definition) is 3. The predicted molar refractivity (Wildman–Crippen MR) is 69.2 cm³/mol. The first-order chi connectivity index (χ1) is 8.02. The molecule has 0 saturated carbocycles. The van der Waals surface area contributed by atoms with Gasteiger partial charge in [-0.3, -0.25) is 4.79 Å². The molecule has 1 N–H and O–H groups in total. The number of likely N-dealkylation sites (tertiary alicyclic amines) is 1. The van der Waals surface area contributed by atoms with Crippen LogP contribution in [0.1, 0.15) is 32.6 Å². The monoisotopic (exact) mass is 242 g/mol. The second-order valence-electron chi connectivity index (χ2n) is 5.35. The highest BCUT2D eigenvalue weighted by Crippen LogP contribution is 2.19. The number of aliphatic carboxylic acids is 1. The van der Waals surface area contributed by atoms with Crippen LogP contribution in [0.4, 0.5) is 0 Å². The van der Waals surface area contributed by atoms with Gasteiger partial charge >= 0.3 is 5.97 Å².